The number of nitrogens with zero attached hydrogens (tertiary/aromatic N) is 3. The molecule has 0 bridgehead atoms. The largest absolute Gasteiger partial charge is 0.309 e. The molecule has 2 heterocycles. The Morgan fingerprint density at radius 3 is 2.64 bits per heavy atom. The number of imidazole rings is 1. The smallest absolute Gasteiger partial charge is 0.261 e. The first-order chi connectivity index (χ1) is 13.6. The lowest BCUT2D eigenvalue weighted by Crippen LogP contribution is -2.32. The molecule has 3 aromatic rings. The summed E-state index contributed by atoms with van der Waals surface area (Å²) in [6, 6.07) is 10.4. The highest BCUT2D eigenvalue weighted by molar-refractivity contribution is 6.04. The van der Waals surface area contributed by atoms with Crippen molar-refractivity contribution in [3.63, 3.8) is 0 Å². The van der Waals surface area contributed by atoms with Crippen LogP contribution in [-0.2, 0) is 6.54 Å². The summed E-state index contributed by atoms with van der Waals surface area (Å²) in [4.78, 5) is 19.4. The van der Waals surface area contributed by atoms with Crippen molar-refractivity contribution in [1.29, 1.82) is 0 Å². The number of amides is 1. The minimum Gasteiger partial charge on any atom is -0.309 e. The number of aromatic nitrogens is 2. The van der Waals surface area contributed by atoms with Gasteiger partial charge in [-0.1, -0.05) is 18.6 Å². The molecule has 1 aliphatic rings. The zero-order valence-electron chi connectivity index (χ0n) is 15.5. The number of carbonyl (C=O) groups excluding carboxylic acids is 1. The van der Waals surface area contributed by atoms with E-state index in [0.29, 0.717) is 12.5 Å². The van der Waals surface area contributed by atoms with Gasteiger partial charge in [-0.05, 0) is 56.3 Å². The maximum atomic E-state index is 14.0. The van der Waals surface area contributed by atoms with Crippen molar-refractivity contribution in [3.8, 4) is 0 Å². The van der Waals surface area contributed by atoms with Gasteiger partial charge in [-0.3, -0.25) is 10.1 Å². The second-order valence-corrected chi connectivity index (χ2v) is 7.06. The number of halogens is 2. The fraction of sp³-hybridized carbons (Fsp3) is 0.333. The average Bonchev–Trinajstić information content (AvgIpc) is 3.06. The molecule has 0 radical (unpaired) electrons. The van der Waals surface area contributed by atoms with Gasteiger partial charge in [0.1, 0.15) is 11.6 Å². The van der Waals surface area contributed by atoms with Gasteiger partial charge >= 0.3 is 0 Å². The molecule has 0 atom stereocenters. The van der Waals surface area contributed by atoms with Gasteiger partial charge in [0, 0.05) is 13.1 Å². The summed E-state index contributed by atoms with van der Waals surface area (Å²) in [5.41, 5.74) is 1.31. The molecule has 28 heavy (non-hydrogen) atoms. The van der Waals surface area contributed by atoms with Crippen LogP contribution in [0.5, 0.6) is 0 Å². The van der Waals surface area contributed by atoms with Crippen LogP contribution in [0.25, 0.3) is 11.0 Å². The number of benzene rings is 2. The molecule has 1 N–H and O–H groups in total. The minimum absolute atomic E-state index is 0.338. The Bertz CT molecular complexity index is 995. The number of para-hydroxylation sites is 2. The molecule has 146 valence electrons. The first-order valence-corrected chi connectivity index (χ1v) is 9.56. The normalized spacial score (nSPS) is 15.1. The molecular formula is C21H22F2N4O. The van der Waals surface area contributed by atoms with E-state index in [0.717, 1.165) is 48.9 Å². The van der Waals surface area contributed by atoms with Crippen LogP contribution in [0.2, 0.25) is 0 Å². The third kappa shape index (κ3) is 3.89. The Balaban J connectivity index is 1.60. The van der Waals surface area contributed by atoms with Crippen molar-refractivity contribution in [2.45, 2.75) is 25.8 Å². The number of hydrogen-bond donors (Lipinski definition) is 1. The number of fused-ring (bicyclic) bond motifs is 1. The zero-order chi connectivity index (χ0) is 19.5. The lowest BCUT2D eigenvalue weighted by atomic mass is 10.1. The standard InChI is InChI=1S/C21H22F2N4O/c22-15-8-9-17(23)16(14-15)20(28)25-21-24-18-6-2-3-7-19(18)27(21)13-12-26-10-4-1-5-11-26/h2-3,6-9,14H,1,4-5,10-13H2,(H,24,25,28). The molecule has 7 heteroatoms. The van der Waals surface area contributed by atoms with E-state index in [9.17, 15) is 13.6 Å². The molecule has 1 fully saturated rings. The van der Waals surface area contributed by atoms with E-state index in [2.05, 4.69) is 15.2 Å². The lowest BCUT2D eigenvalue weighted by Gasteiger charge is -2.26. The molecule has 2 aromatic carbocycles. The van der Waals surface area contributed by atoms with Crippen molar-refractivity contribution in [2.75, 3.05) is 25.0 Å². The third-order valence-electron chi connectivity index (χ3n) is 5.14. The van der Waals surface area contributed by atoms with Crippen LogP contribution in [0.3, 0.4) is 0 Å². The Labute approximate surface area is 162 Å². The molecule has 4 rings (SSSR count). The van der Waals surface area contributed by atoms with Gasteiger partial charge in [0.25, 0.3) is 5.91 Å². The quantitative estimate of drug-likeness (QED) is 0.722. The number of hydrogen-bond acceptors (Lipinski definition) is 3. The van der Waals surface area contributed by atoms with Crippen molar-refractivity contribution >= 4 is 22.9 Å². The van der Waals surface area contributed by atoms with Gasteiger partial charge in [0.2, 0.25) is 5.95 Å². The van der Waals surface area contributed by atoms with Crippen molar-refractivity contribution in [1.82, 2.24) is 14.5 Å². The lowest BCUT2D eigenvalue weighted by molar-refractivity contribution is 0.102. The third-order valence-corrected chi connectivity index (χ3v) is 5.14. The second kappa shape index (κ2) is 8.06. The van der Waals surface area contributed by atoms with Crippen LogP contribution in [0, 0.1) is 11.6 Å². The number of piperidine rings is 1. The van der Waals surface area contributed by atoms with Gasteiger partial charge in [-0.15, -0.1) is 0 Å². The first kappa shape index (κ1) is 18.6. The van der Waals surface area contributed by atoms with Crippen molar-refractivity contribution in [2.24, 2.45) is 0 Å². The van der Waals surface area contributed by atoms with Gasteiger partial charge in [-0.2, -0.15) is 0 Å². The minimum atomic E-state index is -0.769. The molecule has 1 aromatic heterocycles. The number of anilines is 1. The highest BCUT2D eigenvalue weighted by Crippen LogP contribution is 2.21. The predicted octanol–water partition coefficient (Wildman–Crippen LogP) is 4.05. The SMILES string of the molecule is O=C(Nc1nc2ccccc2n1CCN1CCCCC1)c1cc(F)ccc1F. The summed E-state index contributed by atoms with van der Waals surface area (Å²) in [5.74, 6) is -1.81. The highest BCUT2D eigenvalue weighted by atomic mass is 19.1. The molecule has 0 aliphatic carbocycles. The zero-order valence-corrected chi connectivity index (χ0v) is 15.5. The first-order valence-electron chi connectivity index (χ1n) is 9.56. The maximum absolute atomic E-state index is 14.0. The van der Waals surface area contributed by atoms with E-state index in [1.807, 2.05) is 28.8 Å². The molecule has 0 saturated carbocycles. The molecule has 5 nitrogen and oxygen atoms in total. The molecule has 1 saturated heterocycles. The predicted molar refractivity (Wildman–Crippen MR) is 104 cm³/mol. The van der Waals surface area contributed by atoms with E-state index in [1.165, 1.54) is 19.3 Å². The number of carbonyl (C=O) groups is 1. The van der Waals surface area contributed by atoms with Crippen LogP contribution >= 0.6 is 0 Å². The highest BCUT2D eigenvalue weighted by Gasteiger charge is 2.18. The molecular weight excluding hydrogens is 362 g/mol. The Morgan fingerprint density at radius 2 is 1.82 bits per heavy atom. The van der Waals surface area contributed by atoms with Gasteiger partial charge in [0.05, 0.1) is 16.6 Å². The van der Waals surface area contributed by atoms with Crippen LogP contribution in [0.1, 0.15) is 29.6 Å². The summed E-state index contributed by atoms with van der Waals surface area (Å²) in [6.07, 6.45) is 3.67. The molecule has 0 spiro atoms. The molecule has 1 aliphatic heterocycles. The fourth-order valence-corrected chi connectivity index (χ4v) is 3.66. The van der Waals surface area contributed by atoms with E-state index in [-0.39, 0.29) is 5.56 Å². The van der Waals surface area contributed by atoms with E-state index in [1.54, 1.807) is 0 Å². The number of rotatable bonds is 5. The monoisotopic (exact) mass is 384 g/mol. The topological polar surface area (TPSA) is 50.2 Å². The summed E-state index contributed by atoms with van der Waals surface area (Å²) < 4.78 is 29.3. The van der Waals surface area contributed by atoms with Crippen molar-refractivity contribution < 1.29 is 13.6 Å². The van der Waals surface area contributed by atoms with Gasteiger partial charge < -0.3 is 9.47 Å². The molecule has 1 amide bonds. The summed E-state index contributed by atoms with van der Waals surface area (Å²) in [7, 11) is 0. The Morgan fingerprint density at radius 1 is 1.04 bits per heavy atom. The van der Waals surface area contributed by atoms with Crippen LogP contribution < -0.4 is 5.32 Å². The number of likely N-dealkylation sites (tertiary alicyclic amines) is 1. The van der Waals surface area contributed by atoms with Crippen molar-refractivity contribution in [3.05, 3.63) is 59.7 Å². The van der Waals surface area contributed by atoms with E-state index >= 15 is 0 Å². The van der Waals surface area contributed by atoms with Crippen LogP contribution in [0.15, 0.2) is 42.5 Å². The average molecular weight is 384 g/mol. The van der Waals surface area contributed by atoms with Gasteiger partial charge in [0.15, 0.2) is 0 Å². The van der Waals surface area contributed by atoms with Crippen LogP contribution in [0.4, 0.5) is 14.7 Å². The van der Waals surface area contributed by atoms with E-state index < -0.39 is 17.5 Å². The Hall–Kier alpha value is -2.80. The van der Waals surface area contributed by atoms with E-state index in [4.69, 9.17) is 0 Å². The van der Waals surface area contributed by atoms with Gasteiger partial charge in [-0.25, -0.2) is 13.8 Å². The fourth-order valence-electron chi connectivity index (χ4n) is 3.66. The summed E-state index contributed by atoms with van der Waals surface area (Å²) in [5, 5.41) is 2.66. The Kier molecular flexibility index (Phi) is 5.34. The maximum Gasteiger partial charge on any atom is 0.261 e. The van der Waals surface area contributed by atoms with Crippen LogP contribution in [-0.4, -0.2) is 40.0 Å². The molecule has 0 unspecified atom stereocenters. The number of nitrogens with one attached hydrogen (secondary N) is 1. The summed E-state index contributed by atoms with van der Waals surface area (Å²) >= 11 is 0. The second-order valence-electron chi connectivity index (χ2n) is 7.06. The summed E-state index contributed by atoms with van der Waals surface area (Å²) in [6.45, 7) is 3.64.